The maximum absolute atomic E-state index is 12.7. The van der Waals surface area contributed by atoms with Gasteiger partial charge in [-0.2, -0.15) is 0 Å². The summed E-state index contributed by atoms with van der Waals surface area (Å²) in [5.74, 6) is -0.348. The highest BCUT2D eigenvalue weighted by molar-refractivity contribution is 6.31. The van der Waals surface area contributed by atoms with E-state index in [9.17, 15) is 4.39 Å². The monoisotopic (exact) mass is 199 g/mol. The Balaban J connectivity index is 2.94. The van der Waals surface area contributed by atoms with Gasteiger partial charge in [0.1, 0.15) is 5.82 Å². The minimum Gasteiger partial charge on any atom is -0.324 e. The molecule has 0 saturated carbocycles. The van der Waals surface area contributed by atoms with Crippen molar-refractivity contribution in [3.8, 4) is 0 Å². The van der Waals surface area contributed by atoms with Gasteiger partial charge in [0.05, 0.1) is 0 Å². The van der Waals surface area contributed by atoms with Crippen LogP contribution in [0.25, 0.3) is 0 Å². The van der Waals surface area contributed by atoms with Gasteiger partial charge in [-0.15, -0.1) is 6.58 Å². The molecule has 0 aliphatic heterocycles. The van der Waals surface area contributed by atoms with Crippen LogP contribution in [0.3, 0.4) is 0 Å². The highest BCUT2D eigenvalue weighted by atomic mass is 35.5. The molecule has 0 unspecified atom stereocenters. The molecule has 0 fully saturated rings. The van der Waals surface area contributed by atoms with Crippen molar-refractivity contribution in [2.45, 2.75) is 12.5 Å². The third-order valence-electron chi connectivity index (χ3n) is 1.78. The Bertz CT molecular complexity index is 312. The normalized spacial score (nSPS) is 12.5. The first-order valence-electron chi connectivity index (χ1n) is 3.96. The average Bonchev–Trinajstić information content (AvgIpc) is 2.04. The van der Waals surface area contributed by atoms with E-state index in [1.807, 2.05) is 0 Å². The molecule has 1 nitrogen and oxygen atoms in total. The SMILES string of the molecule is C=CC[C@H](N)c1ccc(F)cc1Cl. The van der Waals surface area contributed by atoms with Gasteiger partial charge < -0.3 is 5.73 Å². The van der Waals surface area contributed by atoms with Crippen LogP contribution < -0.4 is 5.73 Å². The Morgan fingerprint density at radius 3 is 2.85 bits per heavy atom. The summed E-state index contributed by atoms with van der Waals surface area (Å²) < 4.78 is 12.7. The Kier molecular flexibility index (Phi) is 3.46. The second-order valence-corrected chi connectivity index (χ2v) is 3.20. The molecular weight excluding hydrogens is 189 g/mol. The summed E-state index contributed by atoms with van der Waals surface area (Å²) in [5, 5.41) is 0.370. The van der Waals surface area contributed by atoms with Crippen molar-refractivity contribution >= 4 is 11.6 Å². The fourth-order valence-corrected chi connectivity index (χ4v) is 1.42. The van der Waals surface area contributed by atoms with E-state index in [1.54, 1.807) is 12.1 Å². The van der Waals surface area contributed by atoms with Gasteiger partial charge in [0, 0.05) is 11.1 Å². The molecule has 3 heteroatoms. The van der Waals surface area contributed by atoms with Crippen LogP contribution in [0.15, 0.2) is 30.9 Å². The molecule has 1 aromatic carbocycles. The summed E-state index contributed by atoms with van der Waals surface area (Å²) in [7, 11) is 0. The van der Waals surface area contributed by atoms with Gasteiger partial charge in [0.15, 0.2) is 0 Å². The average molecular weight is 200 g/mol. The summed E-state index contributed by atoms with van der Waals surface area (Å²) >= 11 is 5.81. The first-order valence-corrected chi connectivity index (χ1v) is 4.34. The molecule has 0 radical (unpaired) electrons. The minimum atomic E-state index is -0.348. The number of nitrogens with two attached hydrogens (primary N) is 1. The standard InChI is InChI=1S/C10H11ClFN/c1-2-3-10(13)8-5-4-7(12)6-9(8)11/h2,4-6,10H,1,3,13H2/t10-/m0/s1. The molecule has 0 saturated heterocycles. The van der Waals surface area contributed by atoms with E-state index in [0.717, 1.165) is 5.56 Å². The molecule has 1 atom stereocenters. The number of benzene rings is 1. The fourth-order valence-electron chi connectivity index (χ4n) is 1.11. The van der Waals surface area contributed by atoms with E-state index in [4.69, 9.17) is 17.3 Å². The van der Waals surface area contributed by atoms with Gasteiger partial charge >= 0.3 is 0 Å². The van der Waals surface area contributed by atoms with E-state index in [-0.39, 0.29) is 11.9 Å². The smallest absolute Gasteiger partial charge is 0.124 e. The van der Waals surface area contributed by atoms with E-state index in [0.29, 0.717) is 11.4 Å². The molecule has 0 bridgehead atoms. The van der Waals surface area contributed by atoms with Crippen molar-refractivity contribution in [2.24, 2.45) is 5.73 Å². The van der Waals surface area contributed by atoms with E-state index < -0.39 is 0 Å². The molecule has 70 valence electrons. The number of rotatable bonds is 3. The Morgan fingerprint density at radius 1 is 1.62 bits per heavy atom. The third-order valence-corrected chi connectivity index (χ3v) is 2.11. The van der Waals surface area contributed by atoms with Crippen molar-refractivity contribution < 1.29 is 4.39 Å². The lowest BCUT2D eigenvalue weighted by Crippen LogP contribution is -2.09. The zero-order chi connectivity index (χ0) is 9.84. The lowest BCUT2D eigenvalue weighted by molar-refractivity contribution is 0.625. The molecule has 0 aromatic heterocycles. The molecule has 1 aromatic rings. The molecule has 0 heterocycles. The van der Waals surface area contributed by atoms with Gasteiger partial charge in [0.2, 0.25) is 0 Å². The lowest BCUT2D eigenvalue weighted by Gasteiger charge is -2.10. The fraction of sp³-hybridized carbons (Fsp3) is 0.200. The lowest BCUT2D eigenvalue weighted by atomic mass is 10.0. The Morgan fingerprint density at radius 2 is 2.31 bits per heavy atom. The topological polar surface area (TPSA) is 26.0 Å². The second-order valence-electron chi connectivity index (χ2n) is 2.80. The molecule has 13 heavy (non-hydrogen) atoms. The molecule has 0 aliphatic rings. The van der Waals surface area contributed by atoms with Crippen molar-refractivity contribution in [3.05, 3.63) is 47.3 Å². The molecule has 0 amide bonds. The van der Waals surface area contributed by atoms with E-state index in [1.165, 1.54) is 12.1 Å². The number of halogens is 2. The van der Waals surface area contributed by atoms with Crippen LogP contribution in [-0.4, -0.2) is 0 Å². The number of hydrogen-bond donors (Lipinski definition) is 1. The quantitative estimate of drug-likeness (QED) is 0.744. The summed E-state index contributed by atoms with van der Waals surface area (Å²) in [6, 6.07) is 4.01. The Labute approximate surface area is 82.0 Å². The van der Waals surface area contributed by atoms with Crippen LogP contribution in [0, 0.1) is 5.82 Å². The zero-order valence-corrected chi connectivity index (χ0v) is 7.89. The molecule has 1 rings (SSSR count). The first-order chi connectivity index (χ1) is 6.15. The molecule has 2 N–H and O–H groups in total. The Hall–Kier alpha value is -0.860. The van der Waals surface area contributed by atoms with Crippen LogP contribution in [-0.2, 0) is 0 Å². The van der Waals surface area contributed by atoms with Crippen LogP contribution >= 0.6 is 11.6 Å². The zero-order valence-electron chi connectivity index (χ0n) is 7.13. The predicted molar refractivity (Wildman–Crippen MR) is 53.2 cm³/mol. The van der Waals surface area contributed by atoms with Crippen molar-refractivity contribution in [1.82, 2.24) is 0 Å². The largest absolute Gasteiger partial charge is 0.324 e. The highest BCUT2D eigenvalue weighted by Crippen LogP contribution is 2.24. The third kappa shape index (κ3) is 2.54. The maximum atomic E-state index is 12.7. The maximum Gasteiger partial charge on any atom is 0.124 e. The first kappa shape index (κ1) is 10.2. The van der Waals surface area contributed by atoms with Gasteiger partial charge in [-0.1, -0.05) is 23.7 Å². The van der Waals surface area contributed by atoms with Crippen molar-refractivity contribution in [3.63, 3.8) is 0 Å². The molecule has 0 spiro atoms. The summed E-state index contributed by atoms with van der Waals surface area (Å²) in [6.07, 6.45) is 2.34. The van der Waals surface area contributed by atoms with Crippen molar-refractivity contribution in [2.75, 3.05) is 0 Å². The molecular formula is C10H11ClFN. The highest BCUT2D eigenvalue weighted by Gasteiger charge is 2.08. The molecule has 0 aliphatic carbocycles. The van der Waals surface area contributed by atoms with Crippen LogP contribution in [0.4, 0.5) is 4.39 Å². The predicted octanol–water partition coefficient (Wildman–Crippen LogP) is 3.06. The number of hydrogen-bond acceptors (Lipinski definition) is 1. The summed E-state index contributed by atoms with van der Waals surface area (Å²) in [4.78, 5) is 0. The van der Waals surface area contributed by atoms with Crippen LogP contribution in [0.2, 0.25) is 5.02 Å². The van der Waals surface area contributed by atoms with Crippen LogP contribution in [0.1, 0.15) is 18.0 Å². The summed E-state index contributed by atoms with van der Waals surface area (Å²) in [5.41, 5.74) is 6.53. The minimum absolute atomic E-state index is 0.203. The second kappa shape index (κ2) is 4.40. The van der Waals surface area contributed by atoms with Crippen molar-refractivity contribution in [1.29, 1.82) is 0 Å². The summed E-state index contributed by atoms with van der Waals surface area (Å²) in [6.45, 7) is 3.58. The van der Waals surface area contributed by atoms with Gasteiger partial charge in [-0.05, 0) is 24.1 Å². The van der Waals surface area contributed by atoms with Gasteiger partial charge in [-0.3, -0.25) is 0 Å². The van der Waals surface area contributed by atoms with E-state index in [2.05, 4.69) is 6.58 Å². The van der Waals surface area contributed by atoms with Gasteiger partial charge in [-0.25, -0.2) is 4.39 Å². The van der Waals surface area contributed by atoms with Crippen LogP contribution in [0.5, 0.6) is 0 Å². The van der Waals surface area contributed by atoms with Gasteiger partial charge in [0.25, 0.3) is 0 Å². The van der Waals surface area contributed by atoms with E-state index >= 15 is 0 Å².